The van der Waals surface area contributed by atoms with E-state index >= 15 is 0 Å². The van der Waals surface area contributed by atoms with Crippen LogP contribution in [0.4, 0.5) is 0 Å². The molecule has 0 spiro atoms. The highest BCUT2D eigenvalue weighted by molar-refractivity contribution is 5.42. The summed E-state index contributed by atoms with van der Waals surface area (Å²) < 4.78 is 0. The predicted octanol–water partition coefficient (Wildman–Crippen LogP) is 3.66. The topological polar surface area (TPSA) is 40.5 Å². The molecule has 0 aromatic heterocycles. The highest BCUT2D eigenvalue weighted by Crippen LogP contribution is 2.34. The zero-order chi connectivity index (χ0) is 16.8. The van der Waals surface area contributed by atoms with Crippen molar-refractivity contribution in [1.29, 1.82) is 0 Å². The minimum atomic E-state index is -1.70. The molecule has 2 N–H and O–H groups in total. The molecule has 0 saturated heterocycles. The van der Waals surface area contributed by atoms with Crippen LogP contribution in [-0.4, -0.2) is 10.2 Å². The molecule has 0 fully saturated rings. The minimum absolute atomic E-state index is 0.560. The van der Waals surface area contributed by atoms with Gasteiger partial charge >= 0.3 is 0 Å². The summed E-state index contributed by atoms with van der Waals surface area (Å²) in [7, 11) is 0. The Balaban J connectivity index is 2.07. The van der Waals surface area contributed by atoms with Gasteiger partial charge in [0.05, 0.1) is 0 Å². The van der Waals surface area contributed by atoms with Crippen LogP contribution in [-0.2, 0) is 5.60 Å². The lowest BCUT2D eigenvalue weighted by molar-refractivity contribution is -0.0383. The van der Waals surface area contributed by atoms with Gasteiger partial charge in [0.15, 0.2) is 5.60 Å². The van der Waals surface area contributed by atoms with E-state index in [1.807, 2.05) is 66.7 Å². The third-order valence-corrected chi connectivity index (χ3v) is 3.90. The van der Waals surface area contributed by atoms with Gasteiger partial charge in [0.2, 0.25) is 0 Å². The molecule has 24 heavy (non-hydrogen) atoms. The zero-order valence-electron chi connectivity index (χ0n) is 13.1. The number of aliphatic hydroxyl groups excluding tert-OH is 1. The van der Waals surface area contributed by atoms with E-state index < -0.39 is 11.7 Å². The Morgan fingerprint density at radius 2 is 1.21 bits per heavy atom. The Morgan fingerprint density at radius 3 is 1.79 bits per heavy atom. The van der Waals surface area contributed by atoms with Crippen LogP contribution in [0, 0.1) is 11.8 Å². The van der Waals surface area contributed by atoms with Crippen molar-refractivity contribution in [1.82, 2.24) is 0 Å². The van der Waals surface area contributed by atoms with E-state index in [-0.39, 0.29) is 0 Å². The maximum absolute atomic E-state index is 11.2. The van der Waals surface area contributed by atoms with Gasteiger partial charge in [-0.2, -0.15) is 0 Å². The quantitative estimate of drug-likeness (QED) is 0.724. The van der Waals surface area contributed by atoms with Crippen LogP contribution in [0.1, 0.15) is 22.8 Å². The highest BCUT2D eigenvalue weighted by atomic mass is 16.3. The van der Waals surface area contributed by atoms with E-state index in [0.717, 1.165) is 5.56 Å². The predicted molar refractivity (Wildman–Crippen MR) is 95.1 cm³/mol. The summed E-state index contributed by atoms with van der Waals surface area (Å²) in [5.74, 6) is 5.86. The molecule has 118 valence electrons. The summed E-state index contributed by atoms with van der Waals surface area (Å²) in [5.41, 5.74) is 0.265. The van der Waals surface area contributed by atoms with Gasteiger partial charge in [0, 0.05) is 5.56 Å². The molecule has 0 unspecified atom stereocenters. The first-order chi connectivity index (χ1) is 11.7. The van der Waals surface area contributed by atoms with Crippen molar-refractivity contribution in [2.45, 2.75) is 11.7 Å². The molecule has 0 bridgehead atoms. The second-order valence-corrected chi connectivity index (χ2v) is 5.56. The maximum atomic E-state index is 11.2. The molecule has 0 amide bonds. The lowest BCUT2D eigenvalue weighted by Crippen LogP contribution is -2.32. The van der Waals surface area contributed by atoms with Crippen LogP contribution >= 0.6 is 0 Å². The van der Waals surface area contributed by atoms with Gasteiger partial charge in [0.1, 0.15) is 6.10 Å². The smallest absolute Gasteiger partial charge is 0.181 e. The van der Waals surface area contributed by atoms with Crippen molar-refractivity contribution in [3.63, 3.8) is 0 Å². The Kier molecular flexibility index (Phi) is 4.77. The molecule has 3 aromatic carbocycles. The number of benzene rings is 3. The summed E-state index contributed by atoms with van der Waals surface area (Å²) in [6.07, 6.45) is -1.16. The average Bonchev–Trinajstić information content (AvgIpc) is 2.68. The van der Waals surface area contributed by atoms with Crippen molar-refractivity contribution in [3.05, 3.63) is 108 Å². The molecular formula is C22H18O2. The van der Waals surface area contributed by atoms with Crippen molar-refractivity contribution in [3.8, 4) is 11.8 Å². The fourth-order valence-corrected chi connectivity index (χ4v) is 2.56. The molecule has 0 heterocycles. The Bertz CT molecular complexity index is 833. The number of rotatable bonds is 3. The lowest BCUT2D eigenvalue weighted by atomic mass is 9.84. The van der Waals surface area contributed by atoms with Crippen LogP contribution in [0.15, 0.2) is 91.0 Å². The largest absolute Gasteiger partial charge is 0.384 e. The molecule has 0 radical (unpaired) electrons. The first-order valence-electron chi connectivity index (χ1n) is 7.79. The Morgan fingerprint density at radius 1 is 0.708 bits per heavy atom. The van der Waals surface area contributed by atoms with Crippen LogP contribution in [0.5, 0.6) is 0 Å². The Hall–Kier alpha value is -2.86. The highest BCUT2D eigenvalue weighted by Gasteiger charge is 2.36. The number of hydrogen-bond donors (Lipinski definition) is 2. The summed E-state index contributed by atoms with van der Waals surface area (Å²) in [6, 6.07) is 27.6. The molecule has 2 heteroatoms. The fourth-order valence-electron chi connectivity index (χ4n) is 2.56. The first kappa shape index (κ1) is 16.0. The van der Waals surface area contributed by atoms with E-state index in [1.54, 1.807) is 24.3 Å². The summed E-state index contributed by atoms with van der Waals surface area (Å²) in [5, 5.41) is 22.1. The number of hydrogen-bond acceptors (Lipinski definition) is 2. The molecule has 0 aliphatic rings. The molecule has 0 aliphatic carbocycles. The lowest BCUT2D eigenvalue weighted by Gasteiger charge is -2.29. The van der Waals surface area contributed by atoms with Crippen LogP contribution in [0.25, 0.3) is 0 Å². The van der Waals surface area contributed by atoms with Crippen molar-refractivity contribution < 1.29 is 10.2 Å². The van der Waals surface area contributed by atoms with Crippen LogP contribution < -0.4 is 0 Å². The second-order valence-electron chi connectivity index (χ2n) is 5.56. The van der Waals surface area contributed by atoms with Crippen molar-refractivity contribution in [2.24, 2.45) is 0 Å². The van der Waals surface area contributed by atoms with Gasteiger partial charge in [-0.15, -0.1) is 0 Å². The molecule has 3 rings (SSSR count). The van der Waals surface area contributed by atoms with E-state index in [2.05, 4.69) is 11.8 Å². The average molecular weight is 314 g/mol. The van der Waals surface area contributed by atoms with Crippen LogP contribution in [0.2, 0.25) is 0 Å². The SMILES string of the molecule is O[C@@H](c1ccccc1)[C@](O)(C#Cc1ccccc1)c1ccccc1. The molecule has 0 saturated carbocycles. The van der Waals surface area contributed by atoms with Gasteiger partial charge in [-0.05, 0) is 23.3 Å². The minimum Gasteiger partial charge on any atom is -0.384 e. The second kappa shape index (κ2) is 7.14. The van der Waals surface area contributed by atoms with Crippen molar-refractivity contribution >= 4 is 0 Å². The summed E-state index contributed by atoms with van der Waals surface area (Å²) in [6.45, 7) is 0. The van der Waals surface area contributed by atoms with Gasteiger partial charge in [-0.1, -0.05) is 90.7 Å². The molecule has 2 nitrogen and oxygen atoms in total. The van der Waals surface area contributed by atoms with Gasteiger partial charge < -0.3 is 10.2 Å². The fraction of sp³-hybridized carbons (Fsp3) is 0.0909. The normalized spacial score (nSPS) is 14.1. The first-order valence-corrected chi connectivity index (χ1v) is 7.79. The van der Waals surface area contributed by atoms with Gasteiger partial charge in [-0.25, -0.2) is 0 Å². The van der Waals surface area contributed by atoms with E-state index in [1.165, 1.54) is 0 Å². The molecule has 3 aromatic rings. The molecule has 2 atom stereocenters. The Labute approximate surface area is 142 Å². The van der Waals surface area contributed by atoms with Crippen molar-refractivity contribution in [2.75, 3.05) is 0 Å². The van der Waals surface area contributed by atoms with Crippen LogP contribution in [0.3, 0.4) is 0 Å². The number of aliphatic hydroxyl groups is 2. The standard InChI is InChI=1S/C22H18O2/c23-21(19-12-6-2-7-13-19)22(24,20-14-8-3-9-15-20)17-16-18-10-4-1-5-11-18/h1-15,21,23-24H/t21-,22-/m0/s1. The van der Waals surface area contributed by atoms with E-state index in [4.69, 9.17) is 0 Å². The monoisotopic (exact) mass is 314 g/mol. The van der Waals surface area contributed by atoms with E-state index in [0.29, 0.717) is 11.1 Å². The van der Waals surface area contributed by atoms with E-state index in [9.17, 15) is 10.2 Å². The van der Waals surface area contributed by atoms with Gasteiger partial charge in [0.25, 0.3) is 0 Å². The third-order valence-electron chi connectivity index (χ3n) is 3.90. The zero-order valence-corrected chi connectivity index (χ0v) is 13.1. The molecule has 0 aliphatic heterocycles. The maximum Gasteiger partial charge on any atom is 0.181 e. The third kappa shape index (κ3) is 3.38. The summed E-state index contributed by atoms with van der Waals surface area (Å²) >= 11 is 0. The van der Waals surface area contributed by atoms with Gasteiger partial charge in [-0.3, -0.25) is 0 Å². The summed E-state index contributed by atoms with van der Waals surface area (Å²) in [4.78, 5) is 0. The molecular weight excluding hydrogens is 296 g/mol.